The average molecular weight is 273 g/mol. The number of hydrogen-bond donors (Lipinski definition) is 1. The number of nitrogens with one attached hydrogen (secondary N) is 1. The Bertz CT molecular complexity index is 568. The normalized spacial score (nSPS) is 19.9. The Balaban J connectivity index is 2.07. The van der Waals surface area contributed by atoms with Crippen LogP contribution in [0, 0.1) is 5.92 Å². The molecule has 0 spiro atoms. The lowest BCUT2D eigenvalue weighted by Gasteiger charge is -2.23. The average Bonchev–Trinajstić information content (AvgIpc) is 2.45. The van der Waals surface area contributed by atoms with Gasteiger partial charge in [-0.05, 0) is 12.5 Å². The minimum absolute atomic E-state index is 0.229. The third-order valence-electron chi connectivity index (χ3n) is 3.16. The molecule has 0 fully saturated rings. The fourth-order valence-corrected chi connectivity index (χ4v) is 1.90. The molecule has 0 radical (unpaired) electrons. The maximum absolute atomic E-state index is 12.1. The first-order chi connectivity index (χ1) is 9.50. The van der Waals surface area contributed by atoms with Gasteiger partial charge >= 0.3 is 6.03 Å². The molecule has 104 valence electrons. The van der Waals surface area contributed by atoms with Crippen molar-refractivity contribution in [3.05, 3.63) is 35.9 Å². The molecular weight excluding hydrogens is 258 g/mol. The first-order valence-corrected chi connectivity index (χ1v) is 6.21. The Morgan fingerprint density at radius 2 is 1.95 bits per heavy atom. The van der Waals surface area contributed by atoms with E-state index in [0.717, 1.165) is 16.7 Å². The zero-order valence-electron chi connectivity index (χ0n) is 11.2. The second-order valence-electron chi connectivity index (χ2n) is 4.58. The molecule has 2 rings (SSSR count). The number of carbonyl (C=O) groups is 3. The number of imide groups is 1. The first-order valence-electron chi connectivity index (χ1n) is 6.21. The van der Waals surface area contributed by atoms with Gasteiger partial charge in [-0.2, -0.15) is 0 Å². The van der Waals surface area contributed by atoms with E-state index in [2.05, 4.69) is 10.3 Å². The quantitative estimate of drug-likeness (QED) is 0.839. The minimum Gasteiger partial charge on any atom is -0.349 e. The highest BCUT2D eigenvalue weighted by Gasteiger charge is 2.34. The summed E-state index contributed by atoms with van der Waals surface area (Å²) in [4.78, 5) is 39.5. The predicted octanol–water partition coefficient (Wildman–Crippen LogP) is 1.14. The van der Waals surface area contributed by atoms with Crippen molar-refractivity contribution in [2.45, 2.75) is 13.0 Å². The zero-order chi connectivity index (χ0) is 14.7. The van der Waals surface area contributed by atoms with Crippen LogP contribution in [0.25, 0.3) is 0 Å². The molecule has 2 atom stereocenters. The standard InChI is InChI=1S/C14H15N3O3/c1-9(10-6-4-3-5-7-10)16-12(18)11-8-15-14(20)17(2)13(11)19/h3-9,11H,1-2H3,(H,16,18). The number of amides is 4. The number of urea groups is 1. The summed E-state index contributed by atoms with van der Waals surface area (Å²) in [5, 5.41) is 2.74. The van der Waals surface area contributed by atoms with Crippen LogP contribution in [-0.4, -0.2) is 36.0 Å². The van der Waals surface area contributed by atoms with Gasteiger partial charge in [-0.1, -0.05) is 30.3 Å². The zero-order valence-corrected chi connectivity index (χ0v) is 11.2. The van der Waals surface area contributed by atoms with Gasteiger partial charge in [0.05, 0.1) is 6.04 Å². The highest BCUT2D eigenvalue weighted by Crippen LogP contribution is 2.14. The van der Waals surface area contributed by atoms with E-state index in [4.69, 9.17) is 0 Å². The van der Waals surface area contributed by atoms with Crippen molar-refractivity contribution in [2.75, 3.05) is 7.05 Å². The van der Waals surface area contributed by atoms with Gasteiger partial charge in [0.1, 0.15) is 0 Å². The van der Waals surface area contributed by atoms with Crippen LogP contribution < -0.4 is 5.32 Å². The smallest absolute Gasteiger partial charge is 0.349 e. The van der Waals surface area contributed by atoms with Gasteiger partial charge in [0.25, 0.3) is 0 Å². The molecule has 1 aliphatic rings. The molecular formula is C14H15N3O3. The number of hydrogen-bond acceptors (Lipinski definition) is 3. The first kappa shape index (κ1) is 13.9. The highest BCUT2D eigenvalue weighted by molar-refractivity contribution is 6.20. The van der Waals surface area contributed by atoms with Crippen LogP contribution in [-0.2, 0) is 9.59 Å². The van der Waals surface area contributed by atoms with Gasteiger partial charge in [-0.3, -0.25) is 14.5 Å². The molecule has 6 nitrogen and oxygen atoms in total. The minimum atomic E-state index is -1.05. The molecule has 0 saturated heterocycles. The number of nitrogens with zero attached hydrogens (tertiary/aromatic N) is 2. The van der Waals surface area contributed by atoms with Gasteiger partial charge in [-0.25, -0.2) is 9.79 Å². The number of rotatable bonds is 3. The molecule has 1 aromatic carbocycles. The largest absolute Gasteiger partial charge is 0.349 e. The van der Waals surface area contributed by atoms with Crippen LogP contribution in [0.3, 0.4) is 0 Å². The fraction of sp³-hybridized carbons (Fsp3) is 0.286. The van der Waals surface area contributed by atoms with E-state index in [9.17, 15) is 14.4 Å². The van der Waals surface area contributed by atoms with Crippen LogP contribution in [0.5, 0.6) is 0 Å². The molecule has 4 amide bonds. The van der Waals surface area contributed by atoms with E-state index in [0.29, 0.717) is 0 Å². The molecule has 1 N–H and O–H groups in total. The molecule has 0 bridgehead atoms. The Morgan fingerprint density at radius 3 is 2.60 bits per heavy atom. The SMILES string of the molecule is CC(NC(=O)C1C=NC(=O)N(C)C1=O)c1ccccc1. The summed E-state index contributed by atoms with van der Waals surface area (Å²) in [5.41, 5.74) is 0.936. The van der Waals surface area contributed by atoms with Crippen molar-refractivity contribution >= 4 is 24.1 Å². The Hall–Kier alpha value is -2.50. The Kier molecular flexibility index (Phi) is 3.93. The molecule has 20 heavy (non-hydrogen) atoms. The maximum Gasteiger partial charge on any atom is 0.349 e. The van der Waals surface area contributed by atoms with Crippen molar-refractivity contribution in [3.8, 4) is 0 Å². The molecule has 1 heterocycles. The fourth-order valence-electron chi connectivity index (χ4n) is 1.90. The van der Waals surface area contributed by atoms with Crippen LogP contribution in [0.15, 0.2) is 35.3 Å². The molecule has 6 heteroatoms. The molecule has 2 unspecified atom stereocenters. The van der Waals surface area contributed by atoms with E-state index in [1.807, 2.05) is 37.3 Å². The van der Waals surface area contributed by atoms with E-state index in [1.54, 1.807) is 0 Å². The van der Waals surface area contributed by atoms with Gasteiger partial charge in [0.2, 0.25) is 11.8 Å². The lowest BCUT2D eigenvalue weighted by atomic mass is 10.0. The summed E-state index contributed by atoms with van der Waals surface area (Å²) in [6.45, 7) is 1.83. The topological polar surface area (TPSA) is 78.8 Å². The molecule has 0 saturated carbocycles. The summed E-state index contributed by atoms with van der Waals surface area (Å²) < 4.78 is 0. The number of aliphatic imine (C=N–C) groups is 1. The van der Waals surface area contributed by atoms with Crippen molar-refractivity contribution < 1.29 is 14.4 Å². The summed E-state index contributed by atoms with van der Waals surface area (Å²) >= 11 is 0. The van der Waals surface area contributed by atoms with Gasteiger partial charge in [-0.15, -0.1) is 0 Å². The molecule has 0 aliphatic carbocycles. The van der Waals surface area contributed by atoms with Crippen molar-refractivity contribution in [3.63, 3.8) is 0 Å². The Morgan fingerprint density at radius 1 is 1.30 bits per heavy atom. The third kappa shape index (κ3) is 2.74. The number of carbonyl (C=O) groups excluding carboxylic acids is 3. The van der Waals surface area contributed by atoms with Crippen LogP contribution in [0.4, 0.5) is 4.79 Å². The van der Waals surface area contributed by atoms with E-state index >= 15 is 0 Å². The summed E-state index contributed by atoms with van der Waals surface area (Å²) in [7, 11) is 1.31. The lowest BCUT2D eigenvalue weighted by Crippen LogP contribution is -2.47. The van der Waals surface area contributed by atoms with Gasteiger partial charge in [0, 0.05) is 13.3 Å². The van der Waals surface area contributed by atoms with Gasteiger partial charge in [0.15, 0.2) is 5.92 Å². The Labute approximate surface area is 116 Å². The molecule has 1 aliphatic heterocycles. The second kappa shape index (κ2) is 5.64. The van der Waals surface area contributed by atoms with Crippen molar-refractivity contribution in [1.82, 2.24) is 10.2 Å². The van der Waals surface area contributed by atoms with Crippen LogP contribution in [0.2, 0.25) is 0 Å². The third-order valence-corrected chi connectivity index (χ3v) is 3.16. The van der Waals surface area contributed by atoms with Crippen molar-refractivity contribution in [2.24, 2.45) is 10.9 Å². The second-order valence-corrected chi connectivity index (χ2v) is 4.58. The lowest BCUT2D eigenvalue weighted by molar-refractivity contribution is -0.136. The highest BCUT2D eigenvalue weighted by atomic mass is 16.2. The monoisotopic (exact) mass is 273 g/mol. The van der Waals surface area contributed by atoms with Crippen LogP contribution >= 0.6 is 0 Å². The van der Waals surface area contributed by atoms with Crippen molar-refractivity contribution in [1.29, 1.82) is 0 Å². The summed E-state index contributed by atoms with van der Waals surface area (Å²) in [5.74, 6) is -2.08. The van der Waals surface area contributed by atoms with Crippen LogP contribution in [0.1, 0.15) is 18.5 Å². The summed E-state index contributed by atoms with van der Waals surface area (Å²) in [6, 6.07) is 8.52. The van der Waals surface area contributed by atoms with Gasteiger partial charge < -0.3 is 5.32 Å². The molecule has 0 aromatic heterocycles. The van der Waals surface area contributed by atoms with E-state index in [-0.39, 0.29) is 6.04 Å². The predicted molar refractivity (Wildman–Crippen MR) is 73.1 cm³/mol. The van der Waals surface area contributed by atoms with E-state index in [1.165, 1.54) is 7.05 Å². The maximum atomic E-state index is 12.1. The summed E-state index contributed by atoms with van der Waals surface area (Å²) in [6.07, 6.45) is 1.09. The number of benzene rings is 1. The van der Waals surface area contributed by atoms with E-state index < -0.39 is 23.8 Å². The molecule has 1 aromatic rings.